The first-order chi connectivity index (χ1) is 10.8. The molecule has 0 fully saturated rings. The summed E-state index contributed by atoms with van der Waals surface area (Å²) in [5.41, 5.74) is 1.06. The van der Waals surface area contributed by atoms with Crippen LogP contribution in [0.2, 0.25) is 0 Å². The second-order valence-corrected chi connectivity index (χ2v) is 6.61. The van der Waals surface area contributed by atoms with Gasteiger partial charge in [-0.3, -0.25) is 4.79 Å². The quantitative estimate of drug-likeness (QED) is 0.645. The fourth-order valence-corrected chi connectivity index (χ4v) is 3.65. The number of carbonyl (C=O) groups excluding carboxylic acids is 1. The first-order valence-corrected chi connectivity index (χ1v) is 8.80. The van der Waals surface area contributed by atoms with Gasteiger partial charge in [0.2, 0.25) is 10.0 Å². The number of nitrogens with one attached hydrogen (secondary N) is 1. The summed E-state index contributed by atoms with van der Waals surface area (Å²) in [7, 11) is -3.73. The number of sulfonamides is 1. The van der Waals surface area contributed by atoms with Crippen molar-refractivity contribution in [2.75, 3.05) is 26.4 Å². The van der Waals surface area contributed by atoms with Crippen LogP contribution in [0.5, 0.6) is 5.75 Å². The number of ether oxygens (including phenoxy) is 2. The number of esters is 1. The number of aryl methyl sites for hydroxylation is 2. The van der Waals surface area contributed by atoms with Gasteiger partial charge in [-0.05, 0) is 44.0 Å². The molecule has 7 nitrogen and oxygen atoms in total. The van der Waals surface area contributed by atoms with Crippen molar-refractivity contribution in [3.8, 4) is 5.75 Å². The molecule has 0 amide bonds. The number of hydrogen-bond donors (Lipinski definition) is 2. The minimum atomic E-state index is -3.73. The maximum absolute atomic E-state index is 12.4. The van der Waals surface area contributed by atoms with Crippen LogP contribution in [-0.2, 0) is 19.6 Å². The SMILES string of the molecule is CCOC(=O)CCNS(=O)(=O)c1c(C)cc(OCCO)cc1C. The van der Waals surface area contributed by atoms with Gasteiger partial charge in [-0.2, -0.15) is 0 Å². The van der Waals surface area contributed by atoms with E-state index < -0.39 is 16.0 Å². The van der Waals surface area contributed by atoms with Crippen molar-refractivity contribution in [1.82, 2.24) is 4.72 Å². The lowest BCUT2D eigenvalue weighted by atomic mass is 10.1. The number of carbonyl (C=O) groups is 1. The Labute approximate surface area is 136 Å². The van der Waals surface area contributed by atoms with Gasteiger partial charge in [0.1, 0.15) is 12.4 Å². The molecule has 0 saturated carbocycles. The number of aliphatic hydroxyl groups excluding tert-OH is 1. The lowest BCUT2D eigenvalue weighted by Crippen LogP contribution is -2.28. The third-order valence-electron chi connectivity index (χ3n) is 2.99. The average molecular weight is 345 g/mol. The Morgan fingerprint density at radius 1 is 1.26 bits per heavy atom. The standard InChI is InChI=1S/C15H23NO6S/c1-4-21-14(18)5-6-16-23(19,20)15-11(2)9-13(10-12(15)3)22-8-7-17/h9-10,16-17H,4-8H2,1-3H3. The highest BCUT2D eigenvalue weighted by Gasteiger charge is 2.20. The Bertz CT molecular complexity index is 618. The minimum absolute atomic E-state index is 0.0249. The molecule has 0 bridgehead atoms. The van der Waals surface area contributed by atoms with E-state index in [-0.39, 0.29) is 37.7 Å². The zero-order chi connectivity index (χ0) is 17.5. The summed E-state index contributed by atoms with van der Waals surface area (Å²) >= 11 is 0. The molecule has 1 aromatic carbocycles. The van der Waals surface area contributed by atoms with E-state index in [9.17, 15) is 13.2 Å². The molecule has 23 heavy (non-hydrogen) atoms. The number of benzene rings is 1. The van der Waals surface area contributed by atoms with E-state index in [0.29, 0.717) is 16.9 Å². The summed E-state index contributed by atoms with van der Waals surface area (Å²) in [6, 6.07) is 3.20. The van der Waals surface area contributed by atoms with E-state index in [1.807, 2.05) is 0 Å². The second kappa shape index (κ2) is 8.85. The van der Waals surface area contributed by atoms with Gasteiger partial charge < -0.3 is 14.6 Å². The van der Waals surface area contributed by atoms with E-state index in [4.69, 9.17) is 14.6 Å². The second-order valence-electron chi connectivity index (χ2n) is 4.91. The lowest BCUT2D eigenvalue weighted by Gasteiger charge is -2.14. The number of aliphatic hydroxyl groups is 1. The summed E-state index contributed by atoms with van der Waals surface area (Å²) in [4.78, 5) is 11.4. The van der Waals surface area contributed by atoms with Gasteiger partial charge in [0, 0.05) is 6.54 Å². The monoisotopic (exact) mass is 345 g/mol. The number of hydrogen-bond acceptors (Lipinski definition) is 6. The van der Waals surface area contributed by atoms with Gasteiger partial charge in [0.15, 0.2) is 0 Å². The Balaban J connectivity index is 2.85. The summed E-state index contributed by atoms with van der Waals surface area (Å²) < 4.78 is 37.2. The fourth-order valence-electron chi connectivity index (χ4n) is 2.17. The molecule has 0 aliphatic carbocycles. The van der Waals surface area contributed by atoms with Crippen LogP contribution in [0.3, 0.4) is 0 Å². The third-order valence-corrected chi connectivity index (χ3v) is 4.75. The predicted molar refractivity (Wildman–Crippen MR) is 84.9 cm³/mol. The molecule has 0 atom stereocenters. The highest BCUT2D eigenvalue weighted by molar-refractivity contribution is 7.89. The summed E-state index contributed by atoms with van der Waals surface area (Å²) in [6.45, 7) is 5.28. The average Bonchev–Trinajstić information content (AvgIpc) is 2.44. The molecule has 0 radical (unpaired) electrons. The van der Waals surface area contributed by atoms with Crippen LogP contribution in [0.4, 0.5) is 0 Å². The van der Waals surface area contributed by atoms with Crippen molar-refractivity contribution < 1.29 is 27.8 Å². The molecule has 1 aromatic rings. The maximum Gasteiger partial charge on any atom is 0.307 e. The van der Waals surface area contributed by atoms with Gasteiger partial charge >= 0.3 is 5.97 Å². The van der Waals surface area contributed by atoms with Crippen LogP contribution in [0.1, 0.15) is 24.5 Å². The zero-order valence-corrected chi connectivity index (χ0v) is 14.4. The number of rotatable bonds is 9. The molecule has 2 N–H and O–H groups in total. The molecule has 130 valence electrons. The van der Waals surface area contributed by atoms with E-state index >= 15 is 0 Å². The molecule has 0 aliphatic rings. The minimum Gasteiger partial charge on any atom is -0.491 e. The van der Waals surface area contributed by atoms with Crippen LogP contribution < -0.4 is 9.46 Å². The van der Waals surface area contributed by atoms with E-state index in [1.165, 1.54) is 0 Å². The van der Waals surface area contributed by atoms with Gasteiger partial charge in [-0.15, -0.1) is 0 Å². The molecule has 0 spiro atoms. The lowest BCUT2D eigenvalue weighted by molar-refractivity contribution is -0.142. The highest BCUT2D eigenvalue weighted by atomic mass is 32.2. The van der Waals surface area contributed by atoms with Gasteiger partial charge in [-0.1, -0.05) is 0 Å². The smallest absolute Gasteiger partial charge is 0.307 e. The summed E-state index contributed by atoms with van der Waals surface area (Å²) in [5.74, 6) is 0.0518. The Hall–Kier alpha value is -1.64. The van der Waals surface area contributed by atoms with Crippen molar-refractivity contribution in [2.24, 2.45) is 0 Å². The van der Waals surface area contributed by atoms with E-state index in [2.05, 4.69) is 4.72 Å². The van der Waals surface area contributed by atoms with Crippen molar-refractivity contribution >= 4 is 16.0 Å². The third kappa shape index (κ3) is 5.81. The Morgan fingerprint density at radius 2 is 1.87 bits per heavy atom. The van der Waals surface area contributed by atoms with Crippen molar-refractivity contribution in [2.45, 2.75) is 32.1 Å². The fraction of sp³-hybridized carbons (Fsp3) is 0.533. The van der Waals surface area contributed by atoms with Gasteiger partial charge in [0.05, 0.1) is 24.5 Å². The highest BCUT2D eigenvalue weighted by Crippen LogP contribution is 2.25. The van der Waals surface area contributed by atoms with Crippen molar-refractivity contribution in [1.29, 1.82) is 0 Å². The molecular weight excluding hydrogens is 322 g/mol. The molecule has 0 aromatic heterocycles. The van der Waals surface area contributed by atoms with Crippen LogP contribution in [-0.4, -0.2) is 45.9 Å². The first-order valence-electron chi connectivity index (χ1n) is 7.32. The Morgan fingerprint density at radius 3 is 2.39 bits per heavy atom. The van der Waals surface area contributed by atoms with E-state index in [1.54, 1.807) is 32.9 Å². The molecular formula is C15H23NO6S. The van der Waals surface area contributed by atoms with Crippen LogP contribution in [0.15, 0.2) is 17.0 Å². The van der Waals surface area contributed by atoms with Crippen LogP contribution in [0, 0.1) is 13.8 Å². The summed E-state index contributed by atoms with van der Waals surface area (Å²) in [5, 5.41) is 8.76. The molecule has 0 heterocycles. The maximum atomic E-state index is 12.4. The first kappa shape index (κ1) is 19.4. The van der Waals surface area contributed by atoms with Gasteiger partial charge in [-0.25, -0.2) is 13.1 Å². The van der Waals surface area contributed by atoms with Gasteiger partial charge in [0.25, 0.3) is 0 Å². The molecule has 8 heteroatoms. The van der Waals surface area contributed by atoms with Crippen molar-refractivity contribution in [3.63, 3.8) is 0 Å². The Kier molecular flexibility index (Phi) is 7.47. The topological polar surface area (TPSA) is 102 Å². The molecule has 0 saturated heterocycles. The zero-order valence-electron chi connectivity index (χ0n) is 13.6. The largest absolute Gasteiger partial charge is 0.491 e. The van der Waals surface area contributed by atoms with Crippen LogP contribution in [0.25, 0.3) is 0 Å². The molecule has 0 aliphatic heterocycles. The van der Waals surface area contributed by atoms with Crippen LogP contribution >= 0.6 is 0 Å². The summed E-state index contributed by atoms with van der Waals surface area (Å²) in [6.07, 6.45) is -0.0249. The molecule has 0 unspecified atom stereocenters. The van der Waals surface area contributed by atoms with Crippen molar-refractivity contribution in [3.05, 3.63) is 23.3 Å². The predicted octanol–water partition coefficient (Wildman–Crippen LogP) is 0.906. The van der Waals surface area contributed by atoms with E-state index in [0.717, 1.165) is 0 Å². The normalized spacial score (nSPS) is 11.3. The molecule has 1 rings (SSSR count).